The number of hydrogen-bond donors (Lipinski definition) is 0. The zero-order chi connectivity index (χ0) is 19.5. The molecule has 3 aliphatic rings. The van der Waals surface area contributed by atoms with Crippen molar-refractivity contribution in [1.82, 2.24) is 19.7 Å². The van der Waals surface area contributed by atoms with E-state index >= 15 is 0 Å². The summed E-state index contributed by atoms with van der Waals surface area (Å²) in [6.45, 7) is 6.27. The number of aromatic nitrogens is 1. The highest BCUT2D eigenvalue weighted by atomic mass is 16.2. The van der Waals surface area contributed by atoms with E-state index in [1.807, 2.05) is 22.9 Å². The number of nitriles is 1. The Hall–Kier alpha value is -2.17. The molecule has 28 heavy (non-hydrogen) atoms. The predicted molar refractivity (Wildman–Crippen MR) is 108 cm³/mol. The number of hydrogen-bond acceptors (Lipinski definition) is 6. The molecule has 3 heterocycles. The molecule has 1 saturated heterocycles. The van der Waals surface area contributed by atoms with Crippen LogP contribution in [0.2, 0.25) is 0 Å². The van der Waals surface area contributed by atoms with Gasteiger partial charge in [0.15, 0.2) is 0 Å². The maximum Gasteiger partial charge on any atom is 0.236 e. The summed E-state index contributed by atoms with van der Waals surface area (Å²) in [5.74, 6) is 1.10. The van der Waals surface area contributed by atoms with Crippen LogP contribution < -0.4 is 4.90 Å². The van der Waals surface area contributed by atoms with Crippen molar-refractivity contribution in [3.8, 4) is 6.07 Å². The third kappa shape index (κ3) is 4.13. The molecule has 1 aromatic rings. The Morgan fingerprint density at radius 1 is 1.25 bits per heavy atom. The predicted octanol–water partition coefficient (Wildman–Crippen LogP) is 1.10. The zero-order valence-corrected chi connectivity index (χ0v) is 16.8. The molecule has 0 bridgehead atoms. The lowest BCUT2D eigenvalue weighted by Gasteiger charge is -2.43. The summed E-state index contributed by atoms with van der Waals surface area (Å²) in [5.41, 5.74) is 2.29. The van der Waals surface area contributed by atoms with Gasteiger partial charge in [-0.05, 0) is 24.5 Å². The molecule has 1 aliphatic carbocycles. The molecule has 7 nitrogen and oxygen atoms in total. The van der Waals surface area contributed by atoms with Crippen LogP contribution in [-0.2, 0) is 17.8 Å². The van der Waals surface area contributed by atoms with E-state index in [0.29, 0.717) is 13.1 Å². The van der Waals surface area contributed by atoms with Gasteiger partial charge in [-0.3, -0.25) is 14.6 Å². The molecule has 2 aliphatic heterocycles. The molecular weight excluding hydrogens is 352 g/mol. The maximum absolute atomic E-state index is 12.8. The van der Waals surface area contributed by atoms with Crippen LogP contribution in [0.3, 0.4) is 0 Å². The quantitative estimate of drug-likeness (QED) is 0.711. The van der Waals surface area contributed by atoms with Gasteiger partial charge < -0.3 is 9.80 Å². The lowest BCUT2D eigenvalue weighted by atomic mass is 9.91. The topological polar surface area (TPSA) is 66.7 Å². The second kappa shape index (κ2) is 8.46. The highest BCUT2D eigenvalue weighted by Crippen LogP contribution is 2.26. The Morgan fingerprint density at radius 3 is 2.71 bits per heavy atom. The summed E-state index contributed by atoms with van der Waals surface area (Å²) in [6.07, 6.45) is 4.89. The minimum Gasteiger partial charge on any atom is -0.346 e. The number of anilines is 1. The molecule has 150 valence electrons. The van der Waals surface area contributed by atoms with Gasteiger partial charge >= 0.3 is 0 Å². The molecule has 2 fully saturated rings. The largest absolute Gasteiger partial charge is 0.346 e. The van der Waals surface area contributed by atoms with E-state index in [0.717, 1.165) is 63.2 Å². The van der Waals surface area contributed by atoms with E-state index in [-0.39, 0.29) is 5.91 Å². The van der Waals surface area contributed by atoms with Crippen LogP contribution in [0.15, 0.2) is 12.1 Å². The van der Waals surface area contributed by atoms with Crippen LogP contribution in [0.4, 0.5) is 5.82 Å². The van der Waals surface area contributed by atoms with Crippen molar-refractivity contribution < 1.29 is 4.79 Å². The van der Waals surface area contributed by atoms with Gasteiger partial charge in [-0.2, -0.15) is 5.26 Å². The second-order valence-electron chi connectivity index (χ2n) is 8.25. The average molecular weight is 383 g/mol. The average Bonchev–Trinajstić information content (AvgIpc) is 2.67. The molecule has 0 unspecified atom stereocenters. The number of carbonyl (C=O) groups is 1. The van der Waals surface area contributed by atoms with Crippen molar-refractivity contribution in [1.29, 1.82) is 5.26 Å². The maximum atomic E-state index is 12.8. The minimum absolute atomic E-state index is 0.259. The Balaban J connectivity index is 1.29. The van der Waals surface area contributed by atoms with Crippen molar-refractivity contribution in [2.24, 2.45) is 0 Å². The summed E-state index contributed by atoms with van der Waals surface area (Å²) >= 11 is 0. The van der Waals surface area contributed by atoms with Crippen LogP contribution in [0.25, 0.3) is 0 Å². The molecule has 7 heteroatoms. The number of fused-ring (bicyclic) bond motifs is 1. The van der Waals surface area contributed by atoms with Crippen molar-refractivity contribution in [2.75, 3.05) is 57.8 Å². The first-order valence-corrected chi connectivity index (χ1v) is 10.4. The van der Waals surface area contributed by atoms with Crippen molar-refractivity contribution in [3.05, 3.63) is 23.4 Å². The van der Waals surface area contributed by atoms with Gasteiger partial charge in [0.05, 0.1) is 12.6 Å². The van der Waals surface area contributed by atoms with Gasteiger partial charge in [-0.15, -0.1) is 0 Å². The fraction of sp³-hybridized carbons (Fsp3) is 0.667. The van der Waals surface area contributed by atoms with Crippen molar-refractivity contribution in [3.63, 3.8) is 0 Å². The van der Waals surface area contributed by atoms with E-state index in [4.69, 9.17) is 10.2 Å². The van der Waals surface area contributed by atoms with Crippen LogP contribution in [0, 0.1) is 11.3 Å². The molecule has 0 spiro atoms. The number of rotatable bonds is 5. The molecule has 0 N–H and O–H groups in total. The van der Waals surface area contributed by atoms with E-state index in [1.54, 1.807) is 0 Å². The van der Waals surface area contributed by atoms with Crippen LogP contribution in [-0.4, -0.2) is 84.5 Å². The molecule has 1 saturated carbocycles. The van der Waals surface area contributed by atoms with E-state index in [9.17, 15) is 4.79 Å². The lowest BCUT2D eigenvalue weighted by Crippen LogP contribution is -2.55. The van der Waals surface area contributed by atoms with E-state index < -0.39 is 0 Å². The molecule has 4 rings (SSSR count). The number of piperazine rings is 1. The third-order valence-corrected chi connectivity index (χ3v) is 6.43. The standard InChI is InChI=1S/C21H30N6O/c1-24(10-8-22)20-6-5-17-15-25(9-7-19(17)23-20)16-21(28)27-13-11-26(12-14-27)18-3-2-4-18/h5-6,18H,2-4,7,9-16H2,1H3. The van der Waals surface area contributed by atoms with Gasteiger partial charge in [-0.25, -0.2) is 4.98 Å². The van der Waals surface area contributed by atoms with Crippen LogP contribution >= 0.6 is 0 Å². The SMILES string of the molecule is CN(CC#N)c1ccc2c(n1)CCN(CC(=O)N1CCN(C3CCC3)CC1)C2. The van der Waals surface area contributed by atoms with Crippen LogP contribution in [0.1, 0.15) is 30.5 Å². The molecular formula is C21H30N6O. The molecule has 0 radical (unpaired) electrons. The highest BCUT2D eigenvalue weighted by molar-refractivity contribution is 5.78. The summed E-state index contributed by atoms with van der Waals surface area (Å²) in [5, 5.41) is 8.85. The van der Waals surface area contributed by atoms with Gasteiger partial charge in [0.2, 0.25) is 5.91 Å². The van der Waals surface area contributed by atoms with E-state index in [1.165, 1.54) is 24.8 Å². The Kier molecular flexibility index (Phi) is 5.79. The van der Waals surface area contributed by atoms with Gasteiger partial charge in [0, 0.05) is 64.5 Å². The van der Waals surface area contributed by atoms with Gasteiger partial charge in [0.25, 0.3) is 0 Å². The monoisotopic (exact) mass is 382 g/mol. The smallest absolute Gasteiger partial charge is 0.236 e. The normalized spacial score (nSPS) is 20.9. The summed E-state index contributed by atoms with van der Waals surface area (Å²) in [4.78, 5) is 26.2. The number of amides is 1. The molecule has 1 aromatic heterocycles. The Bertz CT molecular complexity index is 748. The number of nitrogens with zero attached hydrogens (tertiary/aromatic N) is 6. The van der Waals surface area contributed by atoms with Gasteiger partial charge in [0.1, 0.15) is 12.4 Å². The fourth-order valence-corrected chi connectivity index (χ4v) is 4.38. The summed E-state index contributed by atoms with van der Waals surface area (Å²) < 4.78 is 0. The number of carbonyl (C=O) groups excluding carboxylic acids is 1. The minimum atomic E-state index is 0.259. The Labute approximate surface area is 167 Å². The number of pyridine rings is 1. The molecule has 0 aromatic carbocycles. The second-order valence-corrected chi connectivity index (χ2v) is 8.25. The third-order valence-electron chi connectivity index (χ3n) is 6.43. The van der Waals surface area contributed by atoms with Crippen molar-refractivity contribution in [2.45, 2.75) is 38.3 Å². The van der Waals surface area contributed by atoms with Gasteiger partial charge in [-0.1, -0.05) is 12.5 Å². The molecule has 1 amide bonds. The first-order chi connectivity index (χ1) is 13.6. The summed E-state index contributed by atoms with van der Waals surface area (Å²) in [7, 11) is 1.89. The highest BCUT2D eigenvalue weighted by Gasteiger charge is 2.30. The fourth-order valence-electron chi connectivity index (χ4n) is 4.38. The van der Waals surface area contributed by atoms with E-state index in [2.05, 4.69) is 21.9 Å². The molecule has 0 atom stereocenters. The first kappa shape index (κ1) is 19.2. The summed E-state index contributed by atoms with van der Waals surface area (Å²) in [6, 6.07) is 7.00. The zero-order valence-electron chi connectivity index (χ0n) is 16.8. The lowest BCUT2D eigenvalue weighted by molar-refractivity contribution is -0.135. The Morgan fingerprint density at radius 2 is 2.04 bits per heavy atom. The van der Waals surface area contributed by atoms with Crippen molar-refractivity contribution >= 4 is 11.7 Å². The first-order valence-electron chi connectivity index (χ1n) is 10.4. The van der Waals surface area contributed by atoms with Crippen LogP contribution in [0.5, 0.6) is 0 Å².